The van der Waals surface area contributed by atoms with E-state index in [0.29, 0.717) is 12.2 Å². The van der Waals surface area contributed by atoms with Crippen LogP contribution in [0.15, 0.2) is 53.4 Å². The summed E-state index contributed by atoms with van der Waals surface area (Å²) in [6.07, 6.45) is 0.378. The summed E-state index contributed by atoms with van der Waals surface area (Å²) in [5, 5.41) is 10.7. The lowest BCUT2D eigenvalue weighted by molar-refractivity contribution is -0.385. The van der Waals surface area contributed by atoms with Crippen LogP contribution in [0.2, 0.25) is 0 Å². The van der Waals surface area contributed by atoms with Crippen molar-refractivity contribution < 1.29 is 13.3 Å². The maximum atomic E-state index is 12.2. The number of nitrogens with one attached hydrogen (secondary N) is 2. The zero-order chi connectivity index (χ0) is 17.2. The van der Waals surface area contributed by atoms with E-state index in [1.54, 1.807) is 0 Å². The third-order valence-corrected chi connectivity index (χ3v) is 4.89. The maximum Gasteiger partial charge on any atom is 0.270 e. The van der Waals surface area contributed by atoms with E-state index in [-0.39, 0.29) is 17.1 Å². The number of non-ortho nitro benzene ring substituents is 1. The summed E-state index contributed by atoms with van der Waals surface area (Å²) in [4.78, 5) is 17.4. The number of hydrogen-bond acceptors (Lipinski definition) is 5. The average molecular weight is 346 g/mol. The van der Waals surface area contributed by atoms with Gasteiger partial charge in [-0.2, -0.15) is 0 Å². The number of sulfonamides is 1. The van der Waals surface area contributed by atoms with Crippen molar-refractivity contribution in [3.63, 3.8) is 0 Å². The first-order valence-electron chi connectivity index (χ1n) is 7.13. The molecule has 0 atom stereocenters. The molecule has 0 radical (unpaired) electrons. The molecule has 0 saturated carbocycles. The summed E-state index contributed by atoms with van der Waals surface area (Å²) < 4.78 is 26.8. The van der Waals surface area contributed by atoms with Crippen LogP contribution in [-0.4, -0.2) is 29.9 Å². The van der Waals surface area contributed by atoms with Gasteiger partial charge in [-0.1, -0.05) is 18.2 Å². The van der Waals surface area contributed by atoms with E-state index in [1.807, 2.05) is 24.3 Å². The molecule has 0 aliphatic rings. The van der Waals surface area contributed by atoms with E-state index < -0.39 is 14.9 Å². The highest BCUT2D eigenvalue weighted by Gasteiger charge is 2.17. The van der Waals surface area contributed by atoms with Gasteiger partial charge in [0.1, 0.15) is 5.82 Å². The Morgan fingerprint density at radius 3 is 2.71 bits per heavy atom. The lowest BCUT2D eigenvalue weighted by Crippen LogP contribution is -2.26. The minimum Gasteiger partial charge on any atom is -0.342 e. The molecule has 2 N–H and O–H groups in total. The Balaban J connectivity index is 1.69. The number of nitro benzene ring substituents is 1. The Hall–Kier alpha value is -2.78. The number of para-hydroxylation sites is 2. The smallest absolute Gasteiger partial charge is 0.270 e. The molecule has 1 heterocycles. The molecule has 0 spiro atoms. The zero-order valence-corrected chi connectivity index (χ0v) is 13.3. The van der Waals surface area contributed by atoms with Gasteiger partial charge in [0.2, 0.25) is 10.0 Å². The van der Waals surface area contributed by atoms with Crippen molar-refractivity contribution in [3.05, 3.63) is 64.5 Å². The Morgan fingerprint density at radius 2 is 1.96 bits per heavy atom. The van der Waals surface area contributed by atoms with Gasteiger partial charge in [-0.15, -0.1) is 0 Å². The van der Waals surface area contributed by atoms with Gasteiger partial charge in [-0.25, -0.2) is 18.1 Å². The molecular weight excluding hydrogens is 332 g/mol. The number of rotatable bonds is 6. The molecule has 0 unspecified atom stereocenters. The summed E-state index contributed by atoms with van der Waals surface area (Å²) in [6, 6.07) is 12.4. The quantitative estimate of drug-likeness (QED) is 0.523. The van der Waals surface area contributed by atoms with Gasteiger partial charge >= 0.3 is 0 Å². The van der Waals surface area contributed by atoms with Gasteiger partial charge in [0.15, 0.2) is 0 Å². The maximum absolute atomic E-state index is 12.2. The van der Waals surface area contributed by atoms with Gasteiger partial charge < -0.3 is 4.98 Å². The van der Waals surface area contributed by atoms with Crippen LogP contribution >= 0.6 is 0 Å². The van der Waals surface area contributed by atoms with Crippen molar-refractivity contribution in [3.8, 4) is 0 Å². The molecule has 9 heteroatoms. The normalized spacial score (nSPS) is 11.7. The topological polar surface area (TPSA) is 118 Å². The Bertz CT molecular complexity index is 964. The van der Waals surface area contributed by atoms with E-state index in [4.69, 9.17) is 0 Å². The van der Waals surface area contributed by atoms with Crippen molar-refractivity contribution in [1.29, 1.82) is 0 Å². The predicted molar refractivity (Wildman–Crippen MR) is 88.1 cm³/mol. The molecule has 0 bridgehead atoms. The molecule has 8 nitrogen and oxygen atoms in total. The van der Waals surface area contributed by atoms with E-state index >= 15 is 0 Å². The Kier molecular flexibility index (Phi) is 4.28. The molecule has 0 aliphatic carbocycles. The number of imidazole rings is 1. The van der Waals surface area contributed by atoms with E-state index in [1.165, 1.54) is 18.2 Å². The summed E-state index contributed by atoms with van der Waals surface area (Å²) in [6.45, 7) is 0.130. The molecule has 124 valence electrons. The molecule has 1 aromatic heterocycles. The number of aromatic amines is 1. The third-order valence-electron chi connectivity index (χ3n) is 3.43. The second kappa shape index (κ2) is 6.38. The summed E-state index contributed by atoms with van der Waals surface area (Å²) in [5.74, 6) is 0.665. The van der Waals surface area contributed by atoms with Crippen LogP contribution in [0.5, 0.6) is 0 Å². The van der Waals surface area contributed by atoms with Crippen molar-refractivity contribution in [2.45, 2.75) is 11.3 Å². The van der Waals surface area contributed by atoms with Crippen LogP contribution in [0.1, 0.15) is 5.82 Å². The standard InChI is InChI=1S/C15H14N4O4S/c20-19(21)11-4-3-5-12(10-11)24(22,23)16-9-8-15-17-13-6-1-2-7-14(13)18-15/h1-7,10,16H,8-9H2,(H,17,18). The molecule has 24 heavy (non-hydrogen) atoms. The highest BCUT2D eigenvalue weighted by molar-refractivity contribution is 7.89. The molecule has 0 fully saturated rings. The third kappa shape index (κ3) is 3.42. The number of fused-ring (bicyclic) bond motifs is 1. The van der Waals surface area contributed by atoms with Gasteiger partial charge in [0.05, 0.1) is 20.9 Å². The number of nitrogens with zero attached hydrogens (tertiary/aromatic N) is 2. The molecule has 0 saturated heterocycles. The highest BCUT2D eigenvalue weighted by Crippen LogP contribution is 2.17. The lowest BCUT2D eigenvalue weighted by atomic mass is 10.3. The van der Waals surface area contributed by atoms with Crippen LogP contribution in [0.3, 0.4) is 0 Å². The predicted octanol–water partition coefficient (Wildman–Crippen LogP) is 1.99. The van der Waals surface area contributed by atoms with Crippen LogP contribution in [0.25, 0.3) is 11.0 Å². The van der Waals surface area contributed by atoms with Gasteiger partial charge in [0.25, 0.3) is 5.69 Å². The van der Waals surface area contributed by atoms with Crippen LogP contribution in [0.4, 0.5) is 5.69 Å². The summed E-state index contributed by atoms with van der Waals surface area (Å²) >= 11 is 0. The van der Waals surface area contributed by atoms with Crippen LogP contribution in [0, 0.1) is 10.1 Å². The van der Waals surface area contributed by atoms with Gasteiger partial charge in [0, 0.05) is 25.1 Å². The van der Waals surface area contributed by atoms with E-state index in [2.05, 4.69) is 14.7 Å². The largest absolute Gasteiger partial charge is 0.342 e. The van der Waals surface area contributed by atoms with Crippen molar-refractivity contribution >= 4 is 26.7 Å². The fourth-order valence-corrected chi connectivity index (χ4v) is 3.35. The van der Waals surface area contributed by atoms with Gasteiger partial charge in [-0.3, -0.25) is 10.1 Å². The van der Waals surface area contributed by atoms with Crippen molar-refractivity contribution in [2.75, 3.05) is 6.54 Å². The molecule has 3 aromatic rings. The van der Waals surface area contributed by atoms with Crippen LogP contribution < -0.4 is 4.72 Å². The fraction of sp³-hybridized carbons (Fsp3) is 0.133. The van der Waals surface area contributed by atoms with Crippen molar-refractivity contribution in [1.82, 2.24) is 14.7 Å². The first-order chi connectivity index (χ1) is 11.5. The molecular formula is C15H14N4O4S. The number of hydrogen-bond donors (Lipinski definition) is 2. The SMILES string of the molecule is O=[N+]([O-])c1cccc(S(=O)(=O)NCCc2nc3ccccc3[nH]2)c1. The number of nitro groups is 1. The summed E-state index contributed by atoms with van der Waals surface area (Å²) in [7, 11) is -3.81. The second-order valence-electron chi connectivity index (χ2n) is 5.10. The number of benzene rings is 2. The lowest BCUT2D eigenvalue weighted by Gasteiger charge is -2.05. The van der Waals surface area contributed by atoms with Gasteiger partial charge in [-0.05, 0) is 18.2 Å². The molecule has 3 rings (SSSR count). The molecule has 0 amide bonds. The number of H-pyrrole nitrogens is 1. The summed E-state index contributed by atoms with van der Waals surface area (Å²) in [5.41, 5.74) is 1.43. The zero-order valence-electron chi connectivity index (χ0n) is 12.5. The van der Waals surface area contributed by atoms with E-state index in [9.17, 15) is 18.5 Å². The minimum absolute atomic E-state index is 0.130. The highest BCUT2D eigenvalue weighted by atomic mass is 32.2. The van der Waals surface area contributed by atoms with Crippen molar-refractivity contribution in [2.24, 2.45) is 0 Å². The molecule has 2 aromatic carbocycles. The first-order valence-corrected chi connectivity index (χ1v) is 8.62. The second-order valence-corrected chi connectivity index (χ2v) is 6.87. The average Bonchev–Trinajstić information content (AvgIpc) is 2.97. The number of aromatic nitrogens is 2. The minimum atomic E-state index is -3.81. The Labute approximate surface area is 137 Å². The Morgan fingerprint density at radius 1 is 1.17 bits per heavy atom. The van der Waals surface area contributed by atoms with E-state index in [0.717, 1.165) is 17.1 Å². The molecule has 0 aliphatic heterocycles. The van der Waals surface area contributed by atoms with Crippen LogP contribution in [-0.2, 0) is 16.4 Å². The monoisotopic (exact) mass is 346 g/mol. The first kappa shape index (κ1) is 16.1. The fourth-order valence-electron chi connectivity index (χ4n) is 2.28.